The average molecular weight is 487 g/mol. The summed E-state index contributed by atoms with van der Waals surface area (Å²) in [5.41, 5.74) is 4.95. The van der Waals surface area contributed by atoms with Crippen LogP contribution >= 0.6 is 11.6 Å². The van der Waals surface area contributed by atoms with E-state index in [9.17, 15) is 5.11 Å². The molecule has 5 rings (SSSR count). The first kappa shape index (κ1) is 23.8. The van der Waals surface area contributed by atoms with Crippen molar-refractivity contribution in [2.75, 3.05) is 19.6 Å². The molecular formula is C30H31ClN2O2. The van der Waals surface area contributed by atoms with Gasteiger partial charge in [-0.05, 0) is 72.7 Å². The minimum absolute atomic E-state index is 0.666. The molecule has 1 saturated heterocycles. The van der Waals surface area contributed by atoms with E-state index in [-0.39, 0.29) is 0 Å². The molecule has 2 aliphatic rings. The normalized spacial score (nSPS) is 18.3. The molecule has 1 fully saturated rings. The van der Waals surface area contributed by atoms with Gasteiger partial charge >= 0.3 is 0 Å². The van der Waals surface area contributed by atoms with Gasteiger partial charge in [-0.2, -0.15) is 0 Å². The van der Waals surface area contributed by atoms with Gasteiger partial charge in [-0.15, -0.1) is 6.58 Å². The minimum atomic E-state index is -0.770. The highest BCUT2D eigenvalue weighted by molar-refractivity contribution is 6.30. The molecular weight excluding hydrogens is 456 g/mol. The van der Waals surface area contributed by atoms with E-state index in [0.717, 1.165) is 68.6 Å². The molecule has 0 atom stereocenters. The first-order valence-corrected chi connectivity index (χ1v) is 12.7. The molecule has 2 aromatic carbocycles. The SMILES string of the molecule is C=CCc1cccc2c1CC(=CCCN1CCC(O)(c3ccc(Cl)cc3)CC1)c1cccnc1O2. The number of pyridine rings is 1. The lowest BCUT2D eigenvalue weighted by atomic mass is 9.84. The molecule has 1 N–H and O–H groups in total. The van der Waals surface area contributed by atoms with Gasteiger partial charge in [0.25, 0.3) is 0 Å². The fourth-order valence-electron chi connectivity index (χ4n) is 5.16. The van der Waals surface area contributed by atoms with Crippen LogP contribution < -0.4 is 4.74 Å². The zero-order valence-electron chi connectivity index (χ0n) is 19.9. The second-order valence-corrected chi connectivity index (χ2v) is 9.86. The maximum atomic E-state index is 11.2. The Balaban J connectivity index is 1.29. The molecule has 0 aliphatic carbocycles. The van der Waals surface area contributed by atoms with Crippen molar-refractivity contribution in [1.29, 1.82) is 0 Å². The lowest BCUT2D eigenvalue weighted by molar-refractivity contribution is -0.0254. The van der Waals surface area contributed by atoms with Gasteiger partial charge in [-0.1, -0.05) is 48.0 Å². The molecule has 0 unspecified atom stereocenters. The van der Waals surface area contributed by atoms with Crippen molar-refractivity contribution in [3.05, 3.63) is 107 Å². The summed E-state index contributed by atoms with van der Waals surface area (Å²) < 4.78 is 6.26. The second-order valence-electron chi connectivity index (χ2n) is 9.42. The van der Waals surface area contributed by atoms with E-state index in [0.29, 0.717) is 10.9 Å². The van der Waals surface area contributed by atoms with Crippen LogP contribution in [-0.4, -0.2) is 34.6 Å². The lowest BCUT2D eigenvalue weighted by Gasteiger charge is -2.38. The predicted molar refractivity (Wildman–Crippen MR) is 142 cm³/mol. The number of ether oxygens (including phenoxy) is 1. The minimum Gasteiger partial charge on any atom is -0.438 e. The fraction of sp³-hybridized carbons (Fsp3) is 0.300. The maximum absolute atomic E-state index is 11.2. The third-order valence-corrected chi connectivity index (χ3v) is 7.44. The number of aliphatic hydroxyl groups is 1. The highest BCUT2D eigenvalue weighted by Gasteiger charge is 2.33. The topological polar surface area (TPSA) is 45.6 Å². The van der Waals surface area contributed by atoms with Gasteiger partial charge in [-0.25, -0.2) is 4.98 Å². The smallest absolute Gasteiger partial charge is 0.226 e. The van der Waals surface area contributed by atoms with Gasteiger partial charge < -0.3 is 14.7 Å². The Morgan fingerprint density at radius 3 is 2.66 bits per heavy atom. The summed E-state index contributed by atoms with van der Waals surface area (Å²) in [6.45, 7) is 6.62. The molecule has 2 aliphatic heterocycles. The molecule has 3 heterocycles. The zero-order valence-corrected chi connectivity index (χ0v) is 20.7. The number of hydrogen-bond acceptors (Lipinski definition) is 4. The van der Waals surface area contributed by atoms with Crippen LogP contribution in [0.1, 0.15) is 41.5 Å². The van der Waals surface area contributed by atoms with E-state index in [2.05, 4.69) is 34.7 Å². The number of piperidine rings is 1. The number of rotatable bonds is 6. The Morgan fingerprint density at radius 2 is 1.89 bits per heavy atom. The van der Waals surface area contributed by atoms with Crippen LogP contribution in [0.5, 0.6) is 11.6 Å². The van der Waals surface area contributed by atoms with Gasteiger partial charge in [-0.3, -0.25) is 0 Å². The first-order valence-electron chi connectivity index (χ1n) is 12.3. The number of benzene rings is 2. The standard InChI is InChI=1S/C30H31ClN2O2/c1-2-6-22-7-3-10-28-27(22)21-23(26-9-4-17-32-29(26)35-28)8-5-18-33-19-15-30(34,16-20-33)24-11-13-25(31)14-12-24/h2-4,7-14,17,34H,1,5-6,15-16,18-21H2. The molecule has 0 bridgehead atoms. The summed E-state index contributed by atoms with van der Waals surface area (Å²) in [6.07, 6.45) is 10.1. The Kier molecular flexibility index (Phi) is 7.05. The number of likely N-dealkylation sites (tertiary alicyclic amines) is 1. The monoisotopic (exact) mass is 486 g/mol. The van der Waals surface area contributed by atoms with Crippen LogP contribution in [0, 0.1) is 0 Å². The number of allylic oxidation sites excluding steroid dienone is 2. The van der Waals surface area contributed by atoms with Gasteiger partial charge in [0.2, 0.25) is 5.88 Å². The molecule has 0 amide bonds. The van der Waals surface area contributed by atoms with Crippen molar-refractivity contribution in [3.8, 4) is 11.6 Å². The van der Waals surface area contributed by atoms with Crippen LogP contribution in [0.2, 0.25) is 5.02 Å². The van der Waals surface area contributed by atoms with Crippen molar-refractivity contribution < 1.29 is 9.84 Å². The van der Waals surface area contributed by atoms with E-state index in [1.807, 2.05) is 48.5 Å². The number of aromatic nitrogens is 1. The molecule has 0 saturated carbocycles. The van der Waals surface area contributed by atoms with Crippen LogP contribution in [0.15, 0.2) is 79.5 Å². The fourth-order valence-corrected chi connectivity index (χ4v) is 5.29. The van der Waals surface area contributed by atoms with E-state index >= 15 is 0 Å². The van der Waals surface area contributed by atoms with Crippen molar-refractivity contribution >= 4 is 17.2 Å². The third kappa shape index (κ3) is 5.20. The molecule has 0 radical (unpaired) electrons. The molecule has 5 heteroatoms. The number of fused-ring (bicyclic) bond motifs is 2. The van der Waals surface area contributed by atoms with Gasteiger partial charge in [0, 0.05) is 48.4 Å². The summed E-state index contributed by atoms with van der Waals surface area (Å²) >= 11 is 6.02. The molecule has 180 valence electrons. The van der Waals surface area contributed by atoms with E-state index in [4.69, 9.17) is 16.3 Å². The first-order chi connectivity index (χ1) is 17.1. The molecule has 3 aromatic rings. The van der Waals surface area contributed by atoms with Crippen molar-refractivity contribution in [1.82, 2.24) is 9.88 Å². The highest BCUT2D eigenvalue weighted by Crippen LogP contribution is 2.39. The average Bonchev–Trinajstić information content (AvgIpc) is 3.03. The summed E-state index contributed by atoms with van der Waals surface area (Å²) in [6, 6.07) is 17.9. The van der Waals surface area contributed by atoms with Crippen molar-refractivity contribution in [2.45, 2.75) is 37.7 Å². The largest absolute Gasteiger partial charge is 0.438 e. The van der Waals surface area contributed by atoms with E-state index < -0.39 is 5.60 Å². The Morgan fingerprint density at radius 1 is 1.09 bits per heavy atom. The van der Waals surface area contributed by atoms with Crippen LogP contribution in [-0.2, 0) is 18.4 Å². The van der Waals surface area contributed by atoms with Gasteiger partial charge in [0.15, 0.2) is 0 Å². The Hall–Kier alpha value is -2.92. The highest BCUT2D eigenvalue weighted by atomic mass is 35.5. The summed E-state index contributed by atoms with van der Waals surface area (Å²) in [4.78, 5) is 6.96. The predicted octanol–water partition coefficient (Wildman–Crippen LogP) is 6.57. The maximum Gasteiger partial charge on any atom is 0.226 e. The molecule has 1 aromatic heterocycles. The molecule has 0 spiro atoms. The summed E-state index contributed by atoms with van der Waals surface area (Å²) in [5.74, 6) is 1.55. The lowest BCUT2D eigenvalue weighted by Crippen LogP contribution is -2.42. The Labute approximate surface area is 212 Å². The second kappa shape index (κ2) is 10.4. The Bertz CT molecular complexity index is 1230. The van der Waals surface area contributed by atoms with Crippen molar-refractivity contribution in [2.24, 2.45) is 0 Å². The van der Waals surface area contributed by atoms with Crippen LogP contribution in [0.3, 0.4) is 0 Å². The van der Waals surface area contributed by atoms with Gasteiger partial charge in [0.1, 0.15) is 5.75 Å². The number of hydrogen-bond donors (Lipinski definition) is 1. The number of nitrogens with zero attached hydrogens (tertiary/aromatic N) is 2. The van der Waals surface area contributed by atoms with E-state index in [1.165, 1.54) is 16.7 Å². The molecule has 35 heavy (non-hydrogen) atoms. The van der Waals surface area contributed by atoms with E-state index in [1.54, 1.807) is 6.20 Å². The third-order valence-electron chi connectivity index (χ3n) is 7.19. The van der Waals surface area contributed by atoms with Crippen LogP contribution in [0.25, 0.3) is 5.57 Å². The van der Waals surface area contributed by atoms with Crippen LogP contribution in [0.4, 0.5) is 0 Å². The quantitative estimate of drug-likeness (QED) is 0.400. The summed E-state index contributed by atoms with van der Waals surface area (Å²) in [7, 11) is 0. The summed E-state index contributed by atoms with van der Waals surface area (Å²) in [5, 5.41) is 11.9. The zero-order chi connectivity index (χ0) is 24.3. The number of halogens is 1. The molecule has 4 nitrogen and oxygen atoms in total. The van der Waals surface area contributed by atoms with Gasteiger partial charge in [0.05, 0.1) is 5.60 Å². The van der Waals surface area contributed by atoms with Crippen molar-refractivity contribution in [3.63, 3.8) is 0 Å².